The zero-order chi connectivity index (χ0) is 15.7. The highest BCUT2D eigenvalue weighted by atomic mass is 35.5. The summed E-state index contributed by atoms with van der Waals surface area (Å²) in [6.07, 6.45) is 4.50. The number of likely N-dealkylation sites (tertiary alicyclic amines) is 1. The lowest BCUT2D eigenvalue weighted by Gasteiger charge is -2.42. The van der Waals surface area contributed by atoms with E-state index in [0.717, 1.165) is 32.1 Å². The number of aliphatic hydroxyl groups is 1. The van der Waals surface area contributed by atoms with Crippen LogP contribution in [0.1, 0.15) is 32.1 Å². The highest BCUT2D eigenvalue weighted by molar-refractivity contribution is 6.43. The minimum atomic E-state index is -0.294. The second-order valence-electron chi connectivity index (χ2n) is 6.33. The molecule has 1 aliphatic heterocycles. The van der Waals surface area contributed by atoms with Gasteiger partial charge in [0.1, 0.15) is 0 Å². The molecule has 2 aliphatic rings. The van der Waals surface area contributed by atoms with Crippen molar-refractivity contribution in [2.45, 2.75) is 38.2 Å². The van der Waals surface area contributed by atoms with E-state index in [-0.39, 0.29) is 17.6 Å². The molecule has 2 fully saturated rings. The monoisotopic (exact) mass is 342 g/mol. The van der Waals surface area contributed by atoms with Crippen molar-refractivity contribution in [2.75, 3.05) is 18.4 Å². The smallest absolute Gasteiger partial charge is 0.321 e. The molecule has 3 rings (SSSR count). The number of aliphatic hydroxyl groups excluding tert-OH is 1. The fourth-order valence-electron chi connectivity index (χ4n) is 3.72. The molecule has 2 N–H and O–H groups in total. The average Bonchev–Trinajstić information content (AvgIpc) is 2.84. The maximum Gasteiger partial charge on any atom is 0.321 e. The van der Waals surface area contributed by atoms with E-state index in [1.807, 2.05) is 0 Å². The van der Waals surface area contributed by atoms with E-state index in [4.69, 9.17) is 23.2 Å². The van der Waals surface area contributed by atoms with E-state index in [1.165, 1.54) is 0 Å². The van der Waals surface area contributed by atoms with E-state index in [0.29, 0.717) is 28.8 Å². The molecule has 1 saturated carbocycles. The highest BCUT2D eigenvalue weighted by Gasteiger charge is 2.45. The quantitative estimate of drug-likeness (QED) is 0.805. The molecule has 0 radical (unpaired) electrons. The summed E-state index contributed by atoms with van der Waals surface area (Å²) < 4.78 is 0. The van der Waals surface area contributed by atoms with Crippen LogP contribution in [-0.2, 0) is 0 Å². The van der Waals surface area contributed by atoms with Crippen molar-refractivity contribution >= 4 is 34.9 Å². The minimum absolute atomic E-state index is 0.117. The van der Waals surface area contributed by atoms with Gasteiger partial charge in [-0.3, -0.25) is 0 Å². The lowest BCUT2D eigenvalue weighted by atomic mass is 9.77. The van der Waals surface area contributed by atoms with Gasteiger partial charge in [-0.25, -0.2) is 4.79 Å². The molecule has 6 heteroatoms. The third kappa shape index (κ3) is 2.92. The molecule has 22 heavy (non-hydrogen) atoms. The topological polar surface area (TPSA) is 52.6 Å². The van der Waals surface area contributed by atoms with Crippen LogP contribution in [0.15, 0.2) is 18.2 Å². The lowest BCUT2D eigenvalue weighted by molar-refractivity contribution is 0.00400. The largest absolute Gasteiger partial charge is 0.392 e. The first-order valence-corrected chi connectivity index (χ1v) is 8.45. The number of rotatable bonds is 1. The minimum Gasteiger partial charge on any atom is -0.392 e. The van der Waals surface area contributed by atoms with Gasteiger partial charge in [0.25, 0.3) is 0 Å². The van der Waals surface area contributed by atoms with Crippen LogP contribution in [0.5, 0.6) is 0 Å². The number of urea groups is 1. The van der Waals surface area contributed by atoms with Gasteiger partial charge < -0.3 is 15.3 Å². The van der Waals surface area contributed by atoms with Gasteiger partial charge in [-0.1, -0.05) is 35.7 Å². The Morgan fingerprint density at radius 2 is 2.09 bits per heavy atom. The van der Waals surface area contributed by atoms with Crippen LogP contribution in [0.2, 0.25) is 10.0 Å². The molecule has 2 amide bonds. The Morgan fingerprint density at radius 1 is 1.32 bits per heavy atom. The third-order valence-corrected chi connectivity index (χ3v) is 5.77. The summed E-state index contributed by atoms with van der Waals surface area (Å²) in [6.45, 7) is 1.32. The molecular weight excluding hydrogens is 323 g/mol. The molecule has 1 saturated heterocycles. The number of nitrogens with one attached hydrogen (secondary N) is 1. The van der Waals surface area contributed by atoms with Gasteiger partial charge in [-0.15, -0.1) is 0 Å². The van der Waals surface area contributed by atoms with Crippen molar-refractivity contribution in [1.82, 2.24) is 4.90 Å². The Hall–Kier alpha value is -0.970. The molecule has 0 unspecified atom stereocenters. The number of carbonyl (C=O) groups is 1. The van der Waals surface area contributed by atoms with Crippen molar-refractivity contribution in [3.05, 3.63) is 28.2 Å². The normalized spacial score (nSPS) is 28.1. The zero-order valence-corrected chi connectivity index (χ0v) is 13.8. The predicted octanol–water partition coefficient (Wildman–Crippen LogP) is 4.15. The Bertz CT molecular complexity index is 581. The summed E-state index contributed by atoms with van der Waals surface area (Å²) in [6, 6.07) is 4.99. The molecule has 1 aliphatic carbocycles. The summed E-state index contributed by atoms with van der Waals surface area (Å²) >= 11 is 12.1. The highest BCUT2D eigenvalue weighted by Crippen LogP contribution is 2.45. The first-order valence-electron chi connectivity index (χ1n) is 7.70. The first-order chi connectivity index (χ1) is 10.5. The average molecular weight is 343 g/mol. The molecule has 0 bridgehead atoms. The zero-order valence-electron chi connectivity index (χ0n) is 12.3. The number of nitrogens with zero attached hydrogens (tertiary/aromatic N) is 1. The molecule has 1 spiro atoms. The van der Waals surface area contributed by atoms with Crippen molar-refractivity contribution in [1.29, 1.82) is 0 Å². The van der Waals surface area contributed by atoms with Crippen LogP contribution in [0, 0.1) is 5.41 Å². The standard InChI is InChI=1S/C16H20Cl2N2O2/c17-11-4-1-5-12(14(11)18)19-15(22)20-9-3-8-16(10-20)7-2-6-13(16)21/h1,4-5,13,21H,2-3,6-10H2,(H,19,22)/t13-,16-/m1/s1. The molecular formula is C16H20Cl2N2O2. The molecule has 1 heterocycles. The van der Waals surface area contributed by atoms with Crippen molar-refractivity contribution in [3.63, 3.8) is 0 Å². The predicted molar refractivity (Wildman–Crippen MR) is 88.6 cm³/mol. The third-order valence-electron chi connectivity index (χ3n) is 4.95. The number of halogens is 2. The van der Waals surface area contributed by atoms with E-state index < -0.39 is 0 Å². The van der Waals surface area contributed by atoms with E-state index in [1.54, 1.807) is 23.1 Å². The van der Waals surface area contributed by atoms with Gasteiger partial charge in [0, 0.05) is 18.5 Å². The van der Waals surface area contributed by atoms with E-state index in [9.17, 15) is 9.90 Å². The fourth-order valence-corrected chi connectivity index (χ4v) is 4.07. The number of piperidine rings is 1. The van der Waals surface area contributed by atoms with Crippen LogP contribution in [0.3, 0.4) is 0 Å². The number of amides is 2. The summed E-state index contributed by atoms with van der Waals surface area (Å²) in [7, 11) is 0. The van der Waals surface area contributed by atoms with Crippen LogP contribution in [0.25, 0.3) is 0 Å². The maximum atomic E-state index is 12.5. The number of anilines is 1. The molecule has 120 valence electrons. The molecule has 1 aromatic carbocycles. The second-order valence-corrected chi connectivity index (χ2v) is 7.11. The van der Waals surface area contributed by atoms with Crippen LogP contribution >= 0.6 is 23.2 Å². The fraction of sp³-hybridized carbons (Fsp3) is 0.562. The lowest BCUT2D eigenvalue weighted by Crippen LogP contribution is -2.50. The van der Waals surface area contributed by atoms with Crippen molar-refractivity contribution in [3.8, 4) is 0 Å². The molecule has 1 aromatic rings. The molecule has 2 atom stereocenters. The summed E-state index contributed by atoms with van der Waals surface area (Å²) in [4.78, 5) is 14.3. The number of benzene rings is 1. The Labute approximate surface area is 140 Å². The van der Waals surface area contributed by atoms with Crippen LogP contribution in [-0.4, -0.2) is 35.2 Å². The van der Waals surface area contributed by atoms with Gasteiger partial charge in [-0.05, 0) is 37.8 Å². The SMILES string of the molecule is O=C(Nc1cccc(Cl)c1Cl)N1CCC[C@]2(CCC[C@H]2O)C1. The molecule has 4 nitrogen and oxygen atoms in total. The van der Waals surface area contributed by atoms with Crippen LogP contribution < -0.4 is 5.32 Å². The first kappa shape index (κ1) is 15.9. The van der Waals surface area contributed by atoms with Gasteiger partial charge in [-0.2, -0.15) is 0 Å². The Balaban J connectivity index is 1.71. The van der Waals surface area contributed by atoms with Gasteiger partial charge in [0.2, 0.25) is 0 Å². The Morgan fingerprint density at radius 3 is 2.82 bits per heavy atom. The number of hydrogen-bond donors (Lipinski definition) is 2. The number of hydrogen-bond acceptors (Lipinski definition) is 2. The second kappa shape index (κ2) is 6.26. The van der Waals surface area contributed by atoms with Gasteiger partial charge in [0.15, 0.2) is 0 Å². The van der Waals surface area contributed by atoms with E-state index in [2.05, 4.69) is 5.32 Å². The van der Waals surface area contributed by atoms with Crippen molar-refractivity contribution in [2.24, 2.45) is 5.41 Å². The summed E-state index contributed by atoms with van der Waals surface area (Å²) in [5.41, 5.74) is 0.402. The summed E-state index contributed by atoms with van der Waals surface area (Å²) in [5.74, 6) is 0. The number of carbonyl (C=O) groups excluding carboxylic acids is 1. The molecule has 0 aromatic heterocycles. The van der Waals surface area contributed by atoms with Crippen molar-refractivity contribution < 1.29 is 9.90 Å². The Kier molecular flexibility index (Phi) is 4.53. The van der Waals surface area contributed by atoms with Gasteiger partial charge in [0.05, 0.1) is 21.8 Å². The van der Waals surface area contributed by atoms with Gasteiger partial charge >= 0.3 is 6.03 Å². The maximum absolute atomic E-state index is 12.5. The van der Waals surface area contributed by atoms with Crippen LogP contribution in [0.4, 0.5) is 10.5 Å². The van der Waals surface area contributed by atoms with E-state index >= 15 is 0 Å². The summed E-state index contributed by atoms with van der Waals surface area (Å²) in [5, 5.41) is 13.9.